The Hall–Kier alpha value is -2.64. The third-order valence-corrected chi connectivity index (χ3v) is 7.49. The maximum absolute atomic E-state index is 12.8. The topological polar surface area (TPSA) is 83.6 Å². The Balaban J connectivity index is 1.27. The summed E-state index contributed by atoms with van der Waals surface area (Å²) in [5.74, 6) is 0.122. The number of amides is 3. The van der Waals surface area contributed by atoms with Crippen LogP contribution in [0.4, 0.5) is 0 Å². The highest BCUT2D eigenvalue weighted by molar-refractivity contribution is 7.99. The van der Waals surface area contributed by atoms with Crippen molar-refractivity contribution in [2.24, 2.45) is 0 Å². The van der Waals surface area contributed by atoms with Crippen LogP contribution in [0, 0.1) is 6.92 Å². The molecule has 1 atom stereocenters. The number of nitrogens with zero attached hydrogens (tertiary/aromatic N) is 1. The van der Waals surface area contributed by atoms with Crippen molar-refractivity contribution in [2.45, 2.75) is 56.5 Å². The number of aryl methyl sites for hydroxylation is 1. The van der Waals surface area contributed by atoms with Crippen LogP contribution in [0.15, 0.2) is 41.3 Å². The molecular formula is C25H25ClN2O4S. The number of benzene rings is 2. The van der Waals surface area contributed by atoms with Gasteiger partial charge in [0.05, 0.1) is 0 Å². The number of fused-ring (bicyclic) bond motifs is 1. The fourth-order valence-corrected chi connectivity index (χ4v) is 5.28. The third kappa shape index (κ3) is 5.47. The number of rotatable bonds is 8. The van der Waals surface area contributed by atoms with Crippen molar-refractivity contribution >= 4 is 46.9 Å². The number of carbonyl (C=O) groups excluding carboxylic acids is 4. The molecule has 0 saturated carbocycles. The molecule has 0 radical (unpaired) electrons. The second-order valence-electron chi connectivity index (χ2n) is 8.47. The molecule has 1 saturated heterocycles. The van der Waals surface area contributed by atoms with Gasteiger partial charge in [0.1, 0.15) is 11.8 Å². The minimum absolute atomic E-state index is 0.169. The highest BCUT2D eigenvalue weighted by Crippen LogP contribution is 2.31. The van der Waals surface area contributed by atoms with Gasteiger partial charge in [-0.05, 0) is 66.5 Å². The van der Waals surface area contributed by atoms with Crippen LogP contribution < -0.4 is 5.32 Å². The largest absolute Gasteiger partial charge is 0.322 e. The van der Waals surface area contributed by atoms with Gasteiger partial charge in [0.2, 0.25) is 11.8 Å². The van der Waals surface area contributed by atoms with Crippen molar-refractivity contribution < 1.29 is 19.2 Å². The van der Waals surface area contributed by atoms with Crippen molar-refractivity contribution in [1.82, 2.24) is 10.2 Å². The molecule has 4 rings (SSSR count). The van der Waals surface area contributed by atoms with Crippen molar-refractivity contribution in [1.29, 1.82) is 0 Å². The van der Waals surface area contributed by atoms with Gasteiger partial charge in [-0.3, -0.25) is 24.5 Å². The molecule has 3 amide bonds. The fourth-order valence-electron chi connectivity index (χ4n) is 4.16. The molecule has 0 aliphatic carbocycles. The van der Waals surface area contributed by atoms with E-state index < -0.39 is 11.9 Å². The summed E-state index contributed by atoms with van der Waals surface area (Å²) in [5.41, 5.74) is 3.44. The predicted molar refractivity (Wildman–Crippen MR) is 127 cm³/mol. The summed E-state index contributed by atoms with van der Waals surface area (Å²) in [6.07, 6.45) is 2.26. The molecule has 1 N–H and O–H groups in total. The molecule has 1 unspecified atom stereocenters. The molecule has 0 bridgehead atoms. The van der Waals surface area contributed by atoms with E-state index in [9.17, 15) is 19.2 Å². The number of ketones is 1. The lowest BCUT2D eigenvalue weighted by molar-refractivity contribution is -0.137. The molecule has 2 aliphatic heterocycles. The maximum atomic E-state index is 12.8. The molecule has 1 fully saturated rings. The first kappa shape index (κ1) is 23.5. The minimum atomic E-state index is -0.604. The van der Waals surface area contributed by atoms with Crippen LogP contribution in [0.25, 0.3) is 0 Å². The normalized spacial score (nSPS) is 17.8. The SMILES string of the molecule is Cc1ccc(CC(=O)CCCSc2ccc3c(c2)CN(C2CCC(=O)NC2=O)C3=O)cc1Cl. The Kier molecular flexibility index (Phi) is 7.20. The number of hydrogen-bond acceptors (Lipinski definition) is 5. The second-order valence-corrected chi connectivity index (χ2v) is 10.0. The molecule has 172 valence electrons. The molecule has 0 aromatic heterocycles. The molecule has 6 nitrogen and oxygen atoms in total. The highest BCUT2D eigenvalue weighted by atomic mass is 35.5. The van der Waals surface area contributed by atoms with Gasteiger partial charge < -0.3 is 4.90 Å². The Bertz CT molecular complexity index is 1130. The first-order chi connectivity index (χ1) is 15.8. The van der Waals surface area contributed by atoms with Crippen LogP contribution in [-0.2, 0) is 27.3 Å². The van der Waals surface area contributed by atoms with E-state index in [1.807, 2.05) is 37.3 Å². The number of imide groups is 1. The van der Waals surface area contributed by atoms with E-state index in [1.54, 1.807) is 22.7 Å². The Morgan fingerprint density at radius 3 is 2.76 bits per heavy atom. The minimum Gasteiger partial charge on any atom is -0.322 e. The molecular weight excluding hydrogens is 460 g/mol. The third-order valence-electron chi connectivity index (χ3n) is 6.00. The highest BCUT2D eigenvalue weighted by Gasteiger charge is 2.39. The van der Waals surface area contributed by atoms with Crippen molar-refractivity contribution in [2.75, 3.05) is 5.75 Å². The van der Waals surface area contributed by atoms with Gasteiger partial charge in [-0.25, -0.2) is 0 Å². The Morgan fingerprint density at radius 2 is 2.00 bits per heavy atom. The summed E-state index contributed by atoms with van der Waals surface area (Å²) in [4.78, 5) is 51.2. The first-order valence-corrected chi connectivity index (χ1v) is 12.4. The van der Waals surface area contributed by atoms with Crippen LogP contribution in [0.5, 0.6) is 0 Å². The second kappa shape index (κ2) is 10.1. The Morgan fingerprint density at radius 1 is 1.18 bits per heavy atom. The van der Waals surface area contributed by atoms with Crippen LogP contribution in [-0.4, -0.2) is 40.2 Å². The maximum Gasteiger partial charge on any atom is 0.255 e. The first-order valence-electron chi connectivity index (χ1n) is 11.0. The number of hydrogen-bond donors (Lipinski definition) is 1. The zero-order valence-corrected chi connectivity index (χ0v) is 19.9. The van der Waals surface area contributed by atoms with Gasteiger partial charge in [0.25, 0.3) is 5.91 Å². The molecule has 2 heterocycles. The monoisotopic (exact) mass is 484 g/mol. The van der Waals surface area contributed by atoms with Gasteiger partial charge in [-0.2, -0.15) is 0 Å². The van der Waals surface area contributed by atoms with E-state index in [0.29, 0.717) is 36.4 Å². The van der Waals surface area contributed by atoms with Crippen LogP contribution in [0.2, 0.25) is 5.02 Å². The average Bonchev–Trinajstić information content (AvgIpc) is 3.09. The van der Waals surface area contributed by atoms with Crippen LogP contribution >= 0.6 is 23.4 Å². The zero-order valence-electron chi connectivity index (χ0n) is 18.4. The van der Waals surface area contributed by atoms with Crippen LogP contribution in [0.3, 0.4) is 0 Å². The number of Topliss-reactive ketones (excluding diaryl/α,β-unsaturated/α-hetero) is 1. The number of halogens is 1. The fraction of sp³-hybridized carbons (Fsp3) is 0.360. The lowest BCUT2D eigenvalue weighted by Crippen LogP contribution is -2.52. The molecule has 0 spiro atoms. The number of thioether (sulfide) groups is 1. The van der Waals surface area contributed by atoms with Crippen LogP contribution in [0.1, 0.15) is 52.7 Å². The molecule has 2 aromatic rings. The van der Waals surface area contributed by atoms with Gasteiger partial charge in [-0.15, -0.1) is 11.8 Å². The van der Waals surface area contributed by atoms with E-state index in [0.717, 1.165) is 33.8 Å². The summed E-state index contributed by atoms with van der Waals surface area (Å²) in [7, 11) is 0. The van der Waals surface area contributed by atoms with E-state index in [4.69, 9.17) is 11.6 Å². The van der Waals surface area contributed by atoms with Gasteiger partial charge in [0, 0.05) is 41.3 Å². The van der Waals surface area contributed by atoms with Crippen molar-refractivity contribution in [3.63, 3.8) is 0 Å². The summed E-state index contributed by atoms with van der Waals surface area (Å²) in [5, 5.41) is 3.00. The smallest absolute Gasteiger partial charge is 0.255 e. The van der Waals surface area contributed by atoms with E-state index in [1.165, 1.54) is 0 Å². The van der Waals surface area contributed by atoms with Crippen molar-refractivity contribution in [3.8, 4) is 0 Å². The zero-order chi connectivity index (χ0) is 23.5. The standard InChI is InChI=1S/C25H25ClN2O4S/c1-15-4-5-16(12-21(15)26)11-18(29)3-2-10-33-19-6-7-20-17(13-19)14-28(25(20)32)22-8-9-23(30)27-24(22)31/h4-7,12-13,22H,2-3,8-11,14H2,1H3,(H,27,30,31). The lowest BCUT2D eigenvalue weighted by atomic mass is 10.0. The number of piperidine rings is 1. The summed E-state index contributed by atoms with van der Waals surface area (Å²) in [6.45, 7) is 2.30. The number of carbonyl (C=O) groups is 4. The van der Waals surface area contributed by atoms with E-state index >= 15 is 0 Å². The molecule has 33 heavy (non-hydrogen) atoms. The Labute approximate surface area is 202 Å². The quantitative estimate of drug-likeness (QED) is 0.346. The lowest BCUT2D eigenvalue weighted by Gasteiger charge is -2.29. The summed E-state index contributed by atoms with van der Waals surface area (Å²) in [6, 6.07) is 10.8. The van der Waals surface area contributed by atoms with Gasteiger partial charge in [0.15, 0.2) is 0 Å². The predicted octanol–water partition coefficient (Wildman–Crippen LogP) is 4.09. The van der Waals surface area contributed by atoms with Crippen molar-refractivity contribution in [3.05, 3.63) is 63.7 Å². The summed E-state index contributed by atoms with van der Waals surface area (Å²) >= 11 is 7.79. The van der Waals surface area contributed by atoms with E-state index in [-0.39, 0.29) is 24.0 Å². The van der Waals surface area contributed by atoms with E-state index in [2.05, 4.69) is 5.32 Å². The molecule has 8 heteroatoms. The summed E-state index contributed by atoms with van der Waals surface area (Å²) < 4.78 is 0. The van der Waals surface area contributed by atoms with Gasteiger partial charge in [-0.1, -0.05) is 23.7 Å². The molecule has 2 aliphatic rings. The molecule has 2 aromatic carbocycles. The number of nitrogens with one attached hydrogen (secondary N) is 1. The average molecular weight is 485 g/mol. The van der Waals surface area contributed by atoms with Gasteiger partial charge >= 0.3 is 0 Å².